The van der Waals surface area contributed by atoms with Gasteiger partial charge in [-0.05, 0) is 42.5 Å². The second-order valence-corrected chi connectivity index (χ2v) is 5.57. The van der Waals surface area contributed by atoms with Crippen LogP contribution in [0.5, 0.6) is 5.75 Å². The summed E-state index contributed by atoms with van der Waals surface area (Å²) < 4.78 is 9.86. The van der Waals surface area contributed by atoms with Crippen molar-refractivity contribution in [2.75, 3.05) is 36.7 Å². The lowest BCUT2D eigenvalue weighted by Crippen LogP contribution is -2.22. The second-order valence-electron chi connectivity index (χ2n) is 5.57. The number of hydrogen-bond donors (Lipinski definition) is 3. The van der Waals surface area contributed by atoms with Crippen LogP contribution in [0, 0.1) is 0 Å². The van der Waals surface area contributed by atoms with Gasteiger partial charge in [-0.25, -0.2) is 4.79 Å². The average molecular weight is 371 g/mol. The Morgan fingerprint density at radius 3 is 2.19 bits per heavy atom. The molecule has 0 aromatic heterocycles. The van der Waals surface area contributed by atoms with Crippen LogP contribution >= 0.6 is 0 Å². The van der Waals surface area contributed by atoms with Crippen molar-refractivity contribution >= 4 is 34.8 Å². The van der Waals surface area contributed by atoms with Gasteiger partial charge in [0.1, 0.15) is 5.75 Å². The maximum atomic E-state index is 12.2. The molecule has 2 aromatic rings. The Morgan fingerprint density at radius 1 is 0.926 bits per heavy atom. The highest BCUT2D eigenvalue weighted by Gasteiger charge is 2.10. The third-order valence-corrected chi connectivity index (χ3v) is 3.55. The Bertz CT molecular complexity index is 834. The van der Waals surface area contributed by atoms with E-state index in [1.54, 1.807) is 42.5 Å². The summed E-state index contributed by atoms with van der Waals surface area (Å²) in [5.41, 5.74) is 2.09. The molecule has 0 fully saturated rings. The maximum Gasteiger partial charge on any atom is 0.337 e. The van der Waals surface area contributed by atoms with E-state index in [2.05, 4.69) is 20.7 Å². The smallest absolute Gasteiger partial charge is 0.337 e. The number of ether oxygens (including phenoxy) is 2. The van der Waals surface area contributed by atoms with Crippen LogP contribution in [-0.2, 0) is 14.3 Å². The SMILES string of the molecule is COC(=O)c1ccc(NCC(=O)Nc2cc(NC(C)=O)ccc2OC)cc1. The molecule has 0 saturated heterocycles. The van der Waals surface area contributed by atoms with E-state index in [1.165, 1.54) is 21.1 Å². The van der Waals surface area contributed by atoms with E-state index in [9.17, 15) is 14.4 Å². The normalized spacial score (nSPS) is 9.89. The van der Waals surface area contributed by atoms with Gasteiger partial charge in [0.25, 0.3) is 0 Å². The summed E-state index contributed by atoms with van der Waals surface area (Å²) in [6.45, 7) is 1.41. The van der Waals surface area contributed by atoms with Crippen LogP contribution in [0.15, 0.2) is 42.5 Å². The molecular weight excluding hydrogens is 350 g/mol. The molecule has 0 aliphatic rings. The van der Waals surface area contributed by atoms with Gasteiger partial charge in [0.15, 0.2) is 0 Å². The standard InChI is InChI=1S/C19H21N3O5/c1-12(23)21-15-8-9-17(26-2)16(10-15)22-18(24)11-20-14-6-4-13(5-7-14)19(25)27-3/h4-10,20H,11H2,1-3H3,(H,21,23)(H,22,24). The van der Waals surface area contributed by atoms with Crippen LogP contribution in [0.25, 0.3) is 0 Å². The minimum atomic E-state index is -0.426. The molecule has 0 bridgehead atoms. The number of benzene rings is 2. The molecule has 0 heterocycles. The van der Waals surface area contributed by atoms with Gasteiger partial charge in [0, 0.05) is 18.3 Å². The van der Waals surface area contributed by atoms with Crippen molar-refractivity contribution in [2.45, 2.75) is 6.92 Å². The predicted molar refractivity (Wildman–Crippen MR) is 102 cm³/mol. The fourth-order valence-corrected chi connectivity index (χ4v) is 2.31. The summed E-state index contributed by atoms with van der Waals surface area (Å²) in [5, 5.41) is 8.34. The van der Waals surface area contributed by atoms with Crippen LogP contribution in [0.3, 0.4) is 0 Å². The van der Waals surface area contributed by atoms with Gasteiger partial charge < -0.3 is 25.4 Å². The van der Waals surface area contributed by atoms with Crippen LogP contribution in [0.1, 0.15) is 17.3 Å². The third kappa shape index (κ3) is 5.74. The molecule has 2 rings (SSSR count). The van der Waals surface area contributed by atoms with Crippen molar-refractivity contribution in [1.82, 2.24) is 0 Å². The number of hydrogen-bond acceptors (Lipinski definition) is 6. The van der Waals surface area contributed by atoms with Crippen molar-refractivity contribution in [3.05, 3.63) is 48.0 Å². The molecule has 0 unspecified atom stereocenters. The molecule has 8 nitrogen and oxygen atoms in total. The number of methoxy groups -OCH3 is 2. The third-order valence-electron chi connectivity index (χ3n) is 3.55. The Kier molecular flexibility index (Phi) is 6.76. The van der Waals surface area contributed by atoms with E-state index in [-0.39, 0.29) is 18.4 Å². The number of esters is 1. The van der Waals surface area contributed by atoms with Crippen LogP contribution in [-0.4, -0.2) is 38.5 Å². The molecule has 0 spiro atoms. The number of amides is 2. The molecule has 3 N–H and O–H groups in total. The van der Waals surface area contributed by atoms with Crippen molar-refractivity contribution in [3.63, 3.8) is 0 Å². The number of carbonyl (C=O) groups excluding carboxylic acids is 3. The maximum absolute atomic E-state index is 12.2. The Labute approximate surface area is 156 Å². The molecule has 0 atom stereocenters. The molecule has 0 radical (unpaired) electrons. The number of nitrogens with one attached hydrogen (secondary N) is 3. The lowest BCUT2D eigenvalue weighted by atomic mass is 10.2. The molecule has 2 aromatic carbocycles. The predicted octanol–water partition coefficient (Wildman–Crippen LogP) is 2.49. The van der Waals surface area contributed by atoms with Crippen molar-refractivity contribution in [2.24, 2.45) is 0 Å². The van der Waals surface area contributed by atoms with Crippen molar-refractivity contribution in [1.29, 1.82) is 0 Å². The van der Waals surface area contributed by atoms with E-state index >= 15 is 0 Å². The van der Waals surface area contributed by atoms with Crippen LogP contribution in [0.2, 0.25) is 0 Å². The average Bonchev–Trinajstić information content (AvgIpc) is 2.66. The molecule has 0 aliphatic carbocycles. The summed E-state index contributed by atoms with van der Waals surface area (Å²) in [6.07, 6.45) is 0. The first kappa shape index (κ1) is 19.8. The number of rotatable bonds is 7. The summed E-state index contributed by atoms with van der Waals surface area (Å²) in [4.78, 5) is 34.8. The van der Waals surface area contributed by atoms with Gasteiger partial charge >= 0.3 is 5.97 Å². The Balaban J connectivity index is 1.98. The van der Waals surface area contributed by atoms with Gasteiger partial charge in [-0.15, -0.1) is 0 Å². The first-order valence-corrected chi connectivity index (χ1v) is 8.10. The monoisotopic (exact) mass is 371 g/mol. The molecule has 142 valence electrons. The van der Waals surface area contributed by atoms with Gasteiger partial charge in [0.05, 0.1) is 32.0 Å². The minimum Gasteiger partial charge on any atom is -0.495 e. The van der Waals surface area contributed by atoms with Crippen molar-refractivity contribution in [3.8, 4) is 5.75 Å². The molecule has 27 heavy (non-hydrogen) atoms. The van der Waals surface area contributed by atoms with Crippen LogP contribution < -0.4 is 20.7 Å². The zero-order valence-corrected chi connectivity index (χ0v) is 15.3. The van der Waals surface area contributed by atoms with Gasteiger partial charge in [0.2, 0.25) is 11.8 Å². The van der Waals surface area contributed by atoms with Gasteiger partial charge in [-0.1, -0.05) is 0 Å². The largest absolute Gasteiger partial charge is 0.495 e. The van der Waals surface area contributed by atoms with Crippen molar-refractivity contribution < 1.29 is 23.9 Å². The summed E-state index contributed by atoms with van der Waals surface area (Å²) in [7, 11) is 2.80. The topological polar surface area (TPSA) is 106 Å². The highest BCUT2D eigenvalue weighted by atomic mass is 16.5. The summed E-state index contributed by atoms with van der Waals surface area (Å²) >= 11 is 0. The zero-order chi connectivity index (χ0) is 19.8. The molecule has 2 amide bonds. The lowest BCUT2D eigenvalue weighted by molar-refractivity contribution is -0.115. The van der Waals surface area contributed by atoms with E-state index in [1.807, 2.05) is 0 Å². The molecular formula is C19H21N3O5. The van der Waals surface area contributed by atoms with E-state index in [4.69, 9.17) is 4.74 Å². The molecule has 0 aliphatic heterocycles. The fourth-order valence-electron chi connectivity index (χ4n) is 2.31. The Hall–Kier alpha value is -3.55. The summed E-state index contributed by atoms with van der Waals surface area (Å²) in [6, 6.07) is 11.5. The highest BCUT2D eigenvalue weighted by Crippen LogP contribution is 2.27. The summed E-state index contributed by atoms with van der Waals surface area (Å²) in [5.74, 6) is -0.467. The zero-order valence-electron chi connectivity index (χ0n) is 15.3. The highest BCUT2D eigenvalue weighted by molar-refractivity contribution is 5.97. The number of carbonyl (C=O) groups is 3. The second kappa shape index (κ2) is 9.23. The quantitative estimate of drug-likeness (QED) is 0.646. The van der Waals surface area contributed by atoms with E-state index in [0.717, 1.165) is 0 Å². The lowest BCUT2D eigenvalue weighted by Gasteiger charge is -2.13. The van der Waals surface area contributed by atoms with E-state index in [0.29, 0.717) is 28.4 Å². The van der Waals surface area contributed by atoms with Gasteiger partial charge in [-0.3, -0.25) is 9.59 Å². The molecule has 0 saturated carbocycles. The minimum absolute atomic E-state index is 0.00505. The fraction of sp³-hybridized carbons (Fsp3) is 0.211. The number of anilines is 3. The molecule has 8 heteroatoms. The van der Waals surface area contributed by atoms with Crippen LogP contribution in [0.4, 0.5) is 17.1 Å². The van der Waals surface area contributed by atoms with Gasteiger partial charge in [-0.2, -0.15) is 0 Å². The first-order valence-electron chi connectivity index (χ1n) is 8.10. The first-order chi connectivity index (χ1) is 12.9. The van der Waals surface area contributed by atoms with E-state index < -0.39 is 5.97 Å². The Morgan fingerprint density at radius 2 is 1.59 bits per heavy atom.